The molecule has 0 spiro atoms. The number of phenols is 2. The molecule has 0 amide bonds. The molecule has 2 aromatic rings. The molecule has 0 aliphatic carbocycles. The first-order chi connectivity index (χ1) is 9.32. The fraction of sp³-hybridized carbons (Fsp3) is 0.200. The van der Waals surface area contributed by atoms with Crippen LogP contribution in [-0.4, -0.2) is 18.6 Å². The lowest BCUT2D eigenvalue weighted by Crippen LogP contribution is -2.03. The van der Waals surface area contributed by atoms with Crippen LogP contribution in [0, 0.1) is 0 Å². The van der Waals surface area contributed by atoms with E-state index in [4.69, 9.17) is 0 Å². The van der Waals surface area contributed by atoms with Crippen LogP contribution in [-0.2, 0) is 9.84 Å². The molecule has 20 heavy (non-hydrogen) atoms. The molecular weight excluding hydrogens is 276 g/mol. The number of rotatable bonds is 3. The minimum absolute atomic E-state index is 0.0116. The standard InChI is InChI=1S/C15H16O4S/c1-10(2)14-9-13(7-8-15(14)17)20(18,19)12-5-3-11(16)4-6-12/h3-10,16-17H,1-2H3. The fourth-order valence-corrected chi connectivity index (χ4v) is 3.22. The van der Waals surface area contributed by atoms with E-state index >= 15 is 0 Å². The largest absolute Gasteiger partial charge is 0.508 e. The van der Waals surface area contributed by atoms with Crippen LogP contribution in [0.2, 0.25) is 0 Å². The van der Waals surface area contributed by atoms with Crippen molar-refractivity contribution < 1.29 is 18.6 Å². The van der Waals surface area contributed by atoms with Crippen LogP contribution in [0.1, 0.15) is 25.3 Å². The Morgan fingerprint density at radius 1 is 0.900 bits per heavy atom. The lowest BCUT2D eigenvalue weighted by atomic mass is 10.0. The average Bonchev–Trinajstić information content (AvgIpc) is 2.39. The van der Waals surface area contributed by atoms with Gasteiger partial charge in [-0.25, -0.2) is 8.42 Å². The highest BCUT2D eigenvalue weighted by atomic mass is 32.2. The molecule has 106 valence electrons. The third-order valence-corrected chi connectivity index (χ3v) is 4.85. The van der Waals surface area contributed by atoms with Gasteiger partial charge in [-0.05, 0) is 53.9 Å². The Kier molecular flexibility index (Phi) is 3.72. The molecule has 0 aromatic heterocycles. The van der Waals surface area contributed by atoms with Crippen LogP contribution in [0.5, 0.6) is 11.5 Å². The van der Waals surface area contributed by atoms with Crippen molar-refractivity contribution in [1.82, 2.24) is 0 Å². The highest BCUT2D eigenvalue weighted by molar-refractivity contribution is 7.91. The summed E-state index contributed by atoms with van der Waals surface area (Å²) in [6.45, 7) is 3.76. The van der Waals surface area contributed by atoms with E-state index in [0.29, 0.717) is 5.56 Å². The number of benzene rings is 2. The van der Waals surface area contributed by atoms with Crippen molar-refractivity contribution in [3.05, 3.63) is 48.0 Å². The van der Waals surface area contributed by atoms with E-state index in [1.165, 1.54) is 42.5 Å². The molecule has 0 aliphatic heterocycles. The highest BCUT2D eigenvalue weighted by Crippen LogP contribution is 2.30. The topological polar surface area (TPSA) is 74.6 Å². The van der Waals surface area contributed by atoms with Gasteiger partial charge in [-0.15, -0.1) is 0 Å². The van der Waals surface area contributed by atoms with Crippen LogP contribution in [0.25, 0.3) is 0 Å². The number of phenolic OH excluding ortho intramolecular Hbond substituents is 2. The SMILES string of the molecule is CC(C)c1cc(S(=O)(=O)c2ccc(O)cc2)ccc1O. The molecule has 0 atom stereocenters. The zero-order valence-corrected chi connectivity index (χ0v) is 12.1. The molecule has 0 aliphatic rings. The third-order valence-electron chi connectivity index (χ3n) is 3.08. The molecule has 5 heteroatoms. The molecule has 0 heterocycles. The Morgan fingerprint density at radius 3 is 2.00 bits per heavy atom. The smallest absolute Gasteiger partial charge is 0.206 e. The summed E-state index contributed by atoms with van der Waals surface area (Å²) in [6.07, 6.45) is 0. The van der Waals surface area contributed by atoms with Gasteiger partial charge in [0.2, 0.25) is 9.84 Å². The van der Waals surface area contributed by atoms with Gasteiger partial charge < -0.3 is 10.2 Å². The van der Waals surface area contributed by atoms with Crippen LogP contribution >= 0.6 is 0 Å². The molecule has 4 nitrogen and oxygen atoms in total. The molecule has 0 radical (unpaired) electrons. The number of hydrogen-bond donors (Lipinski definition) is 2. The average molecular weight is 292 g/mol. The summed E-state index contributed by atoms with van der Waals surface area (Å²) in [6, 6.07) is 9.63. The molecule has 2 N–H and O–H groups in total. The molecule has 2 rings (SSSR count). The van der Waals surface area contributed by atoms with E-state index < -0.39 is 9.84 Å². The second-order valence-electron chi connectivity index (χ2n) is 4.87. The van der Waals surface area contributed by atoms with Gasteiger partial charge in [-0.3, -0.25) is 0 Å². The molecule has 0 unspecified atom stereocenters. The van der Waals surface area contributed by atoms with E-state index in [1.54, 1.807) is 0 Å². The first-order valence-corrected chi connectivity index (χ1v) is 7.67. The normalized spacial score (nSPS) is 11.8. The fourth-order valence-electron chi connectivity index (χ4n) is 1.92. The van der Waals surface area contributed by atoms with Crippen molar-refractivity contribution in [3.63, 3.8) is 0 Å². The van der Waals surface area contributed by atoms with Crippen molar-refractivity contribution in [1.29, 1.82) is 0 Å². The van der Waals surface area contributed by atoms with Gasteiger partial charge in [0.05, 0.1) is 9.79 Å². The van der Waals surface area contributed by atoms with Gasteiger partial charge in [-0.2, -0.15) is 0 Å². The van der Waals surface area contributed by atoms with E-state index in [2.05, 4.69) is 0 Å². The lowest BCUT2D eigenvalue weighted by molar-refractivity contribution is 0.464. The molecule has 0 bridgehead atoms. The van der Waals surface area contributed by atoms with Gasteiger partial charge in [-0.1, -0.05) is 13.8 Å². The predicted molar refractivity (Wildman–Crippen MR) is 75.8 cm³/mol. The van der Waals surface area contributed by atoms with E-state index in [0.717, 1.165) is 0 Å². The molecule has 0 saturated heterocycles. The zero-order chi connectivity index (χ0) is 14.9. The molecule has 0 saturated carbocycles. The third kappa shape index (κ3) is 2.63. The highest BCUT2D eigenvalue weighted by Gasteiger charge is 2.19. The van der Waals surface area contributed by atoms with Gasteiger partial charge in [0, 0.05) is 0 Å². The van der Waals surface area contributed by atoms with E-state index in [1.807, 2.05) is 13.8 Å². The van der Waals surface area contributed by atoms with Gasteiger partial charge in [0.1, 0.15) is 11.5 Å². The Bertz CT molecular complexity index is 716. The maximum atomic E-state index is 12.5. The predicted octanol–water partition coefficient (Wildman–Crippen LogP) is 3.05. The Hall–Kier alpha value is -2.01. The van der Waals surface area contributed by atoms with Crippen molar-refractivity contribution in [2.24, 2.45) is 0 Å². The minimum Gasteiger partial charge on any atom is -0.508 e. The van der Waals surface area contributed by atoms with Gasteiger partial charge in [0.25, 0.3) is 0 Å². The number of aromatic hydroxyl groups is 2. The van der Waals surface area contributed by atoms with Crippen molar-refractivity contribution in [2.45, 2.75) is 29.6 Å². The summed E-state index contributed by atoms with van der Waals surface area (Å²) in [5, 5.41) is 19.0. The summed E-state index contributed by atoms with van der Waals surface area (Å²) in [5.74, 6) is 0.118. The summed E-state index contributed by atoms with van der Waals surface area (Å²) < 4.78 is 24.9. The maximum Gasteiger partial charge on any atom is 0.206 e. The quantitative estimate of drug-likeness (QED) is 0.911. The summed E-state index contributed by atoms with van der Waals surface area (Å²) >= 11 is 0. The Morgan fingerprint density at radius 2 is 1.45 bits per heavy atom. The first-order valence-electron chi connectivity index (χ1n) is 6.19. The van der Waals surface area contributed by atoms with Gasteiger partial charge in [0.15, 0.2) is 0 Å². The van der Waals surface area contributed by atoms with Crippen molar-refractivity contribution >= 4 is 9.84 Å². The maximum absolute atomic E-state index is 12.5. The van der Waals surface area contributed by atoms with Crippen LogP contribution < -0.4 is 0 Å². The summed E-state index contributed by atoms with van der Waals surface area (Å²) in [5.41, 5.74) is 0.588. The Balaban J connectivity index is 2.55. The van der Waals surface area contributed by atoms with Crippen molar-refractivity contribution in [3.8, 4) is 11.5 Å². The number of hydrogen-bond acceptors (Lipinski definition) is 4. The second kappa shape index (κ2) is 5.17. The van der Waals surface area contributed by atoms with Crippen LogP contribution in [0.4, 0.5) is 0 Å². The number of sulfone groups is 1. The van der Waals surface area contributed by atoms with E-state index in [9.17, 15) is 18.6 Å². The van der Waals surface area contributed by atoms with Crippen molar-refractivity contribution in [2.75, 3.05) is 0 Å². The second-order valence-corrected chi connectivity index (χ2v) is 6.82. The first kappa shape index (κ1) is 14.4. The molecule has 0 fully saturated rings. The lowest BCUT2D eigenvalue weighted by Gasteiger charge is -2.11. The monoisotopic (exact) mass is 292 g/mol. The van der Waals surface area contributed by atoms with Crippen LogP contribution in [0.15, 0.2) is 52.3 Å². The van der Waals surface area contributed by atoms with Gasteiger partial charge >= 0.3 is 0 Å². The molecular formula is C15H16O4S. The summed E-state index contributed by atoms with van der Waals surface area (Å²) in [7, 11) is -3.65. The zero-order valence-electron chi connectivity index (χ0n) is 11.2. The van der Waals surface area contributed by atoms with E-state index in [-0.39, 0.29) is 27.2 Å². The Labute approximate surface area is 118 Å². The minimum atomic E-state index is -3.65. The van der Waals surface area contributed by atoms with Crippen LogP contribution in [0.3, 0.4) is 0 Å². The summed E-state index contributed by atoms with van der Waals surface area (Å²) in [4.78, 5) is 0.236. The molecule has 2 aromatic carbocycles.